The zero-order valence-corrected chi connectivity index (χ0v) is 14.3. The van der Waals surface area contributed by atoms with Crippen LogP contribution in [-0.4, -0.2) is 36.1 Å². The van der Waals surface area contributed by atoms with Crippen LogP contribution >= 0.6 is 0 Å². The first-order valence-electron chi connectivity index (χ1n) is 8.42. The molecule has 0 aliphatic carbocycles. The predicted molar refractivity (Wildman–Crippen MR) is 93.7 cm³/mol. The van der Waals surface area contributed by atoms with Crippen molar-refractivity contribution in [2.45, 2.75) is 6.04 Å². The Balaban J connectivity index is 1.49. The lowest BCUT2D eigenvalue weighted by Gasteiger charge is -2.25. The average Bonchev–Trinajstić information content (AvgIpc) is 3.28. The molecule has 1 fully saturated rings. The smallest absolute Gasteiger partial charge is 0.253 e. The van der Waals surface area contributed by atoms with Gasteiger partial charge in [-0.3, -0.25) is 14.8 Å². The fourth-order valence-corrected chi connectivity index (χ4v) is 3.39. The van der Waals surface area contributed by atoms with E-state index in [1.54, 1.807) is 30.1 Å². The number of nitrogens with zero attached hydrogens (tertiary/aromatic N) is 3. The summed E-state index contributed by atoms with van der Waals surface area (Å²) in [6.07, 6.45) is 0. The number of hydrazine groups is 1. The van der Waals surface area contributed by atoms with Gasteiger partial charge in [0, 0.05) is 42.8 Å². The van der Waals surface area contributed by atoms with Crippen molar-refractivity contribution in [1.82, 2.24) is 20.9 Å². The molecule has 1 aliphatic heterocycles. The lowest BCUT2D eigenvalue weighted by atomic mass is 9.94. The molecule has 2 atom stereocenters. The summed E-state index contributed by atoms with van der Waals surface area (Å²) < 4.78 is 4.55. The minimum Gasteiger partial charge on any atom is -0.359 e. The molecule has 8 nitrogen and oxygen atoms in total. The Morgan fingerprint density at radius 2 is 2.15 bits per heavy atom. The van der Waals surface area contributed by atoms with E-state index in [9.17, 15) is 10.0 Å². The van der Waals surface area contributed by atoms with E-state index in [0.717, 1.165) is 6.54 Å². The molecule has 0 saturated carbocycles. The van der Waals surface area contributed by atoms with Crippen molar-refractivity contribution in [2.24, 2.45) is 5.92 Å². The van der Waals surface area contributed by atoms with Gasteiger partial charge < -0.3 is 10.1 Å². The second-order valence-corrected chi connectivity index (χ2v) is 6.49. The Hall–Kier alpha value is -2.97. The maximum absolute atomic E-state index is 12.8. The number of aromatic nitrogens is 2. The largest absolute Gasteiger partial charge is 0.359 e. The zero-order valence-electron chi connectivity index (χ0n) is 14.3. The molecule has 26 heavy (non-hydrogen) atoms. The molecular formula is C18H19N5O3. The lowest BCUT2D eigenvalue weighted by molar-refractivity contribution is -0.782. The van der Waals surface area contributed by atoms with Gasteiger partial charge in [-0.2, -0.15) is 0 Å². The van der Waals surface area contributed by atoms with Crippen LogP contribution in [-0.2, 0) is 0 Å². The van der Waals surface area contributed by atoms with Gasteiger partial charge in [0.2, 0.25) is 11.0 Å². The first kappa shape index (κ1) is 16.5. The number of rotatable bonds is 4. The van der Waals surface area contributed by atoms with E-state index in [4.69, 9.17) is 0 Å². The number of amides is 1. The van der Waals surface area contributed by atoms with Gasteiger partial charge in [-0.25, -0.2) is 5.43 Å². The molecule has 2 unspecified atom stereocenters. The molecule has 1 saturated heterocycles. The molecule has 1 aliphatic rings. The predicted octanol–water partition coefficient (Wildman–Crippen LogP) is 0.998. The molecule has 134 valence electrons. The Bertz CT molecular complexity index is 927. The van der Waals surface area contributed by atoms with Gasteiger partial charge in [0.05, 0.1) is 6.04 Å². The number of carbonyl (C=O) groups is 1. The fraction of sp³-hybridized carbons (Fsp3) is 0.278. The number of hydrogen-bond donors (Lipinski definition) is 2. The van der Waals surface area contributed by atoms with Crippen molar-refractivity contribution in [2.75, 3.05) is 20.1 Å². The summed E-state index contributed by atoms with van der Waals surface area (Å²) in [6.45, 7) is 1.37. The van der Waals surface area contributed by atoms with Gasteiger partial charge in [-0.05, 0) is 22.6 Å². The van der Waals surface area contributed by atoms with E-state index in [0.29, 0.717) is 28.0 Å². The summed E-state index contributed by atoms with van der Waals surface area (Å²) in [5.74, 6) is 0.122. The molecule has 1 amide bonds. The second-order valence-electron chi connectivity index (χ2n) is 6.49. The van der Waals surface area contributed by atoms with Crippen LogP contribution in [0, 0.1) is 11.1 Å². The molecule has 0 bridgehead atoms. The van der Waals surface area contributed by atoms with Crippen molar-refractivity contribution >= 4 is 16.9 Å². The third-order valence-electron chi connectivity index (χ3n) is 4.74. The maximum atomic E-state index is 12.8. The molecule has 8 heteroatoms. The van der Waals surface area contributed by atoms with E-state index in [1.165, 1.54) is 5.56 Å². The molecule has 0 spiro atoms. The van der Waals surface area contributed by atoms with E-state index in [-0.39, 0.29) is 17.9 Å². The van der Waals surface area contributed by atoms with Gasteiger partial charge in [0.25, 0.3) is 5.91 Å². The summed E-state index contributed by atoms with van der Waals surface area (Å²) in [5.41, 5.74) is 8.80. The summed E-state index contributed by atoms with van der Waals surface area (Å²) >= 11 is 0. The Morgan fingerprint density at radius 3 is 2.96 bits per heavy atom. The number of carbonyl (C=O) groups excluding carboxylic acids is 1. The highest BCUT2D eigenvalue weighted by Gasteiger charge is 2.30. The van der Waals surface area contributed by atoms with Crippen LogP contribution in [0.5, 0.6) is 0 Å². The van der Waals surface area contributed by atoms with E-state index >= 15 is 0 Å². The summed E-state index contributed by atoms with van der Waals surface area (Å²) in [6, 6.07) is 15.1. The van der Waals surface area contributed by atoms with Crippen LogP contribution in [0.3, 0.4) is 0 Å². The van der Waals surface area contributed by atoms with E-state index in [1.807, 2.05) is 18.2 Å². The van der Waals surface area contributed by atoms with Crippen molar-refractivity contribution in [1.29, 1.82) is 0 Å². The molecule has 4 rings (SSSR count). The Morgan fingerprint density at radius 1 is 1.35 bits per heavy atom. The van der Waals surface area contributed by atoms with Crippen LogP contribution in [0.1, 0.15) is 22.0 Å². The molecule has 1 aromatic heterocycles. The first-order valence-corrected chi connectivity index (χ1v) is 8.42. The summed E-state index contributed by atoms with van der Waals surface area (Å²) in [7, 11) is 1.78. The standard InChI is InChI=1S/C18H19N5O3/c1-22(11-14-10-19-20-17(14)12-5-3-2-4-6-12)18(24)13-7-8-16-15(9-13)21-26-23(16)25/h2-9,14,17,19-20H,10-11H2,1H3. The van der Waals surface area contributed by atoms with Gasteiger partial charge >= 0.3 is 0 Å². The minimum atomic E-state index is -0.119. The average molecular weight is 353 g/mol. The quantitative estimate of drug-likeness (QED) is 0.679. The second kappa shape index (κ2) is 6.74. The monoisotopic (exact) mass is 353 g/mol. The fourth-order valence-electron chi connectivity index (χ4n) is 3.39. The molecule has 2 heterocycles. The minimum absolute atomic E-state index is 0.119. The highest BCUT2D eigenvalue weighted by atomic mass is 16.8. The van der Waals surface area contributed by atoms with Crippen molar-refractivity contribution in [3.05, 3.63) is 64.9 Å². The third-order valence-corrected chi connectivity index (χ3v) is 4.74. The topological polar surface area (TPSA) is 97.3 Å². The lowest BCUT2D eigenvalue weighted by Crippen LogP contribution is -2.34. The zero-order chi connectivity index (χ0) is 18.1. The van der Waals surface area contributed by atoms with Gasteiger partial charge in [0.15, 0.2) is 0 Å². The van der Waals surface area contributed by atoms with Crippen LogP contribution in [0.2, 0.25) is 0 Å². The summed E-state index contributed by atoms with van der Waals surface area (Å²) in [4.78, 5) is 14.8. The van der Waals surface area contributed by atoms with Crippen LogP contribution in [0.25, 0.3) is 11.0 Å². The Labute approximate surface area is 149 Å². The maximum Gasteiger partial charge on any atom is 0.253 e. The number of fused-ring (bicyclic) bond motifs is 1. The van der Waals surface area contributed by atoms with Gasteiger partial charge in [0.1, 0.15) is 0 Å². The highest BCUT2D eigenvalue weighted by Crippen LogP contribution is 2.25. The molecular weight excluding hydrogens is 334 g/mol. The van der Waals surface area contributed by atoms with Crippen molar-refractivity contribution in [3.63, 3.8) is 0 Å². The van der Waals surface area contributed by atoms with Gasteiger partial charge in [-0.15, -0.1) is 0 Å². The van der Waals surface area contributed by atoms with Crippen LogP contribution in [0.15, 0.2) is 53.2 Å². The highest BCUT2D eigenvalue weighted by molar-refractivity contribution is 5.96. The number of nitrogens with one attached hydrogen (secondary N) is 2. The SMILES string of the molecule is CN(CC1CNNC1c1ccccc1)C(=O)c1ccc2c(c1)no[n+]2[O-]. The number of hydrogen-bond acceptors (Lipinski definition) is 6. The van der Waals surface area contributed by atoms with Crippen molar-refractivity contribution < 1.29 is 14.3 Å². The first-order chi connectivity index (χ1) is 12.6. The molecule has 0 radical (unpaired) electrons. The van der Waals surface area contributed by atoms with Crippen LogP contribution in [0.4, 0.5) is 0 Å². The van der Waals surface area contributed by atoms with Crippen molar-refractivity contribution in [3.8, 4) is 0 Å². The molecule has 2 N–H and O–H groups in total. The normalized spacial score (nSPS) is 19.7. The van der Waals surface area contributed by atoms with Gasteiger partial charge in [-0.1, -0.05) is 30.3 Å². The van der Waals surface area contributed by atoms with E-state index < -0.39 is 0 Å². The number of benzene rings is 2. The van der Waals surface area contributed by atoms with E-state index in [2.05, 4.69) is 32.8 Å². The van der Waals surface area contributed by atoms with Crippen LogP contribution < -0.4 is 15.8 Å². The Kier molecular flexibility index (Phi) is 4.27. The third kappa shape index (κ3) is 3.00. The summed E-state index contributed by atoms with van der Waals surface area (Å²) in [5, 5.41) is 15.0. The molecule has 3 aromatic rings. The molecule has 2 aromatic carbocycles.